The quantitative estimate of drug-likeness (QED) is 0.570. The maximum atomic E-state index is 6.50. The molecule has 3 heteroatoms. The number of benzene rings is 1. The minimum atomic E-state index is 0.845. The summed E-state index contributed by atoms with van der Waals surface area (Å²) in [7, 11) is 0. The van der Waals surface area contributed by atoms with E-state index < -0.39 is 0 Å². The summed E-state index contributed by atoms with van der Waals surface area (Å²) in [6.45, 7) is 3.50. The Bertz CT molecular complexity index is 321. The van der Waals surface area contributed by atoms with Gasteiger partial charge in [-0.05, 0) is 12.1 Å². The Morgan fingerprint density at radius 3 is 2.73 bits per heavy atom. The van der Waals surface area contributed by atoms with E-state index in [2.05, 4.69) is 11.6 Å². The molecule has 11 heavy (non-hydrogen) atoms. The maximum Gasteiger partial charge on any atom is 0.181 e. The zero-order chi connectivity index (χ0) is 8.10. The predicted molar refractivity (Wildman–Crippen MR) is 40.7 cm³/mol. The summed E-state index contributed by atoms with van der Waals surface area (Å²) in [4.78, 5) is 3.95. The van der Waals surface area contributed by atoms with Crippen molar-refractivity contribution < 1.29 is 4.42 Å². The number of fused-ring (bicyclic) bond motifs is 1. The van der Waals surface area contributed by atoms with Crippen molar-refractivity contribution in [3.63, 3.8) is 0 Å². The smallest absolute Gasteiger partial charge is 0.181 e. The van der Waals surface area contributed by atoms with Crippen molar-refractivity contribution in [2.45, 2.75) is 0 Å². The van der Waals surface area contributed by atoms with E-state index >= 15 is 0 Å². The summed E-state index contributed by atoms with van der Waals surface area (Å²) < 4.78 is 5.01. The van der Waals surface area contributed by atoms with Crippen molar-refractivity contribution in [2.75, 3.05) is 0 Å². The minimum Gasteiger partial charge on any atom is -0.443 e. The Morgan fingerprint density at radius 2 is 2.00 bits per heavy atom. The van der Waals surface area contributed by atoms with Crippen LogP contribution in [0.2, 0.25) is 0 Å². The van der Waals surface area contributed by atoms with E-state index in [4.69, 9.17) is 9.68 Å². The molecule has 3 nitrogen and oxygen atoms in total. The fraction of sp³-hybridized carbons (Fsp3) is 0. The Hall–Kier alpha value is -1.82. The van der Waals surface area contributed by atoms with Crippen LogP contribution < -0.4 is 0 Å². The highest BCUT2D eigenvalue weighted by Gasteiger charge is 1.91. The fourth-order valence-electron chi connectivity index (χ4n) is 0.803. The number of nitrogens with zero attached hydrogens (tertiary/aromatic N) is 2. The highest BCUT2D eigenvalue weighted by molar-refractivity contribution is 5.71. The van der Waals surface area contributed by atoms with Crippen LogP contribution in [0.3, 0.4) is 0 Å². The van der Waals surface area contributed by atoms with Crippen LogP contribution in [0.25, 0.3) is 11.1 Å². The van der Waals surface area contributed by atoms with Crippen molar-refractivity contribution >= 4 is 11.1 Å². The molecule has 0 saturated heterocycles. The second-order valence-electron chi connectivity index (χ2n) is 1.82. The van der Waals surface area contributed by atoms with Crippen molar-refractivity contribution in [2.24, 2.45) is 0 Å². The van der Waals surface area contributed by atoms with Crippen LogP contribution in [0.1, 0.15) is 0 Å². The van der Waals surface area contributed by atoms with Crippen LogP contribution in [0.5, 0.6) is 0 Å². The molecule has 54 valence electrons. The lowest BCUT2D eigenvalue weighted by molar-refractivity contribution is 0.602. The van der Waals surface area contributed by atoms with E-state index in [1.807, 2.05) is 24.3 Å². The van der Waals surface area contributed by atoms with Crippen LogP contribution >= 0.6 is 0 Å². The number of oxazole rings is 1. The lowest BCUT2D eigenvalue weighted by Crippen LogP contribution is -1.61. The Balaban J connectivity index is 0.000000281. The molecular weight excluding hydrogens is 140 g/mol. The molecule has 0 bridgehead atoms. The van der Waals surface area contributed by atoms with Gasteiger partial charge in [0.25, 0.3) is 0 Å². The van der Waals surface area contributed by atoms with Gasteiger partial charge in [0.2, 0.25) is 0 Å². The van der Waals surface area contributed by atoms with Crippen LogP contribution in [0, 0.1) is 11.8 Å². The Morgan fingerprint density at radius 1 is 1.27 bits per heavy atom. The Kier molecular flexibility index (Phi) is 2.24. The molecule has 0 radical (unpaired) electrons. The summed E-state index contributed by atoms with van der Waals surface area (Å²) in [5.74, 6) is 0. The van der Waals surface area contributed by atoms with Crippen LogP contribution in [0.15, 0.2) is 35.1 Å². The van der Waals surface area contributed by atoms with Gasteiger partial charge < -0.3 is 4.42 Å². The monoisotopic (exact) mass is 146 g/mol. The zero-order valence-electron chi connectivity index (χ0n) is 5.77. The second kappa shape index (κ2) is 3.37. The highest BCUT2D eigenvalue weighted by atomic mass is 16.3. The van der Waals surface area contributed by atoms with Crippen LogP contribution in [-0.4, -0.2) is 4.98 Å². The third-order valence-electron chi connectivity index (χ3n) is 1.24. The zero-order valence-corrected chi connectivity index (χ0v) is 5.77. The summed E-state index contributed by atoms with van der Waals surface area (Å²) in [6.07, 6.45) is 1.45. The molecule has 0 atom stereocenters. The van der Waals surface area contributed by atoms with E-state index in [1.165, 1.54) is 6.39 Å². The van der Waals surface area contributed by atoms with Crippen molar-refractivity contribution in [1.82, 2.24) is 4.98 Å². The topological polar surface area (TPSA) is 49.8 Å². The number of para-hydroxylation sites is 2. The third kappa shape index (κ3) is 1.36. The van der Waals surface area contributed by atoms with E-state index in [0.717, 1.165) is 11.1 Å². The number of hydrogen-bond acceptors (Lipinski definition) is 3. The van der Waals surface area contributed by atoms with Crippen molar-refractivity contribution in [3.8, 4) is 6.57 Å². The molecular formula is C8H6N2O. The van der Waals surface area contributed by atoms with Gasteiger partial charge in [-0.25, -0.2) is 10.2 Å². The molecule has 0 amide bonds. The number of aromatic nitrogens is 1. The molecule has 2 rings (SSSR count). The van der Waals surface area contributed by atoms with Gasteiger partial charge in [-0.3, -0.25) is 0 Å². The normalized spacial score (nSPS) is 8.55. The van der Waals surface area contributed by atoms with Crippen LogP contribution in [-0.2, 0) is 0 Å². The molecule has 0 fully saturated rings. The SMILES string of the molecule is C#N.c1ccc2ocnc2c1. The van der Waals surface area contributed by atoms with Gasteiger partial charge in [-0.1, -0.05) is 12.1 Å². The lowest BCUT2D eigenvalue weighted by atomic mass is 10.3. The molecule has 1 aromatic carbocycles. The first-order chi connectivity index (χ1) is 5.47. The maximum absolute atomic E-state index is 6.50. The van der Waals surface area contributed by atoms with Crippen molar-refractivity contribution in [1.29, 1.82) is 5.26 Å². The average molecular weight is 146 g/mol. The first-order valence-corrected chi connectivity index (χ1v) is 3.01. The summed E-state index contributed by atoms with van der Waals surface area (Å²) in [6, 6.07) is 7.67. The standard InChI is InChI=1S/C7H5NO.CHN/c1-2-4-7-6(3-1)8-5-9-7;1-2/h1-5H;1H. The molecule has 1 heterocycles. The summed E-state index contributed by atoms with van der Waals surface area (Å²) in [5.41, 5.74) is 1.76. The highest BCUT2D eigenvalue weighted by Crippen LogP contribution is 2.09. The first kappa shape index (κ1) is 7.29. The number of rotatable bonds is 0. The number of nitriles is 1. The van der Waals surface area contributed by atoms with Gasteiger partial charge in [0, 0.05) is 6.57 Å². The van der Waals surface area contributed by atoms with Gasteiger partial charge in [-0.2, -0.15) is 0 Å². The van der Waals surface area contributed by atoms with E-state index in [9.17, 15) is 0 Å². The molecule has 1 aromatic heterocycles. The van der Waals surface area contributed by atoms with Gasteiger partial charge in [0.1, 0.15) is 5.52 Å². The minimum absolute atomic E-state index is 0.845. The van der Waals surface area contributed by atoms with E-state index in [1.54, 1.807) is 0 Å². The molecule has 0 aliphatic heterocycles. The molecule has 0 aliphatic carbocycles. The molecule has 0 saturated carbocycles. The van der Waals surface area contributed by atoms with Gasteiger partial charge >= 0.3 is 0 Å². The molecule has 0 unspecified atom stereocenters. The lowest BCUT2D eigenvalue weighted by Gasteiger charge is -1.79. The van der Waals surface area contributed by atoms with Gasteiger partial charge in [0.05, 0.1) is 0 Å². The molecule has 0 spiro atoms. The Labute approximate surface area is 63.9 Å². The summed E-state index contributed by atoms with van der Waals surface area (Å²) in [5, 5.41) is 6.50. The third-order valence-corrected chi connectivity index (χ3v) is 1.24. The average Bonchev–Trinajstić information content (AvgIpc) is 2.55. The molecule has 0 N–H and O–H groups in total. The second-order valence-corrected chi connectivity index (χ2v) is 1.82. The van der Waals surface area contributed by atoms with E-state index in [-0.39, 0.29) is 0 Å². The molecule has 2 aromatic rings. The first-order valence-electron chi connectivity index (χ1n) is 3.01. The van der Waals surface area contributed by atoms with Crippen LogP contribution in [0.4, 0.5) is 0 Å². The van der Waals surface area contributed by atoms with Crippen molar-refractivity contribution in [3.05, 3.63) is 30.7 Å². The number of hydrogen-bond donors (Lipinski definition) is 0. The summed E-state index contributed by atoms with van der Waals surface area (Å²) >= 11 is 0. The largest absolute Gasteiger partial charge is 0.443 e. The fourth-order valence-corrected chi connectivity index (χ4v) is 0.803. The van der Waals surface area contributed by atoms with Gasteiger partial charge in [-0.15, -0.1) is 0 Å². The molecule has 0 aliphatic rings. The van der Waals surface area contributed by atoms with Gasteiger partial charge in [0.15, 0.2) is 12.0 Å². The predicted octanol–water partition coefficient (Wildman–Crippen LogP) is 1.97. The van der Waals surface area contributed by atoms with E-state index in [0.29, 0.717) is 0 Å².